The third-order valence-electron chi connectivity index (χ3n) is 2.44. The number of hydrogen-bond donors (Lipinski definition) is 0. The van der Waals surface area contributed by atoms with Crippen LogP contribution in [0.2, 0.25) is 0 Å². The fourth-order valence-corrected chi connectivity index (χ4v) is 1.70. The molecule has 2 heterocycles. The molecule has 78 valence electrons. The van der Waals surface area contributed by atoms with E-state index in [1.54, 1.807) is 0 Å². The van der Waals surface area contributed by atoms with Crippen LogP contribution in [0, 0.1) is 6.92 Å². The van der Waals surface area contributed by atoms with E-state index in [1.165, 1.54) is 11.3 Å². The van der Waals surface area contributed by atoms with Gasteiger partial charge in [-0.15, -0.1) is 0 Å². The lowest BCUT2D eigenvalue weighted by Gasteiger charge is -2.09. The van der Waals surface area contributed by atoms with Gasteiger partial charge in [0.1, 0.15) is 5.82 Å². The van der Waals surface area contributed by atoms with Gasteiger partial charge in [-0.05, 0) is 25.0 Å². The summed E-state index contributed by atoms with van der Waals surface area (Å²) in [5.41, 5.74) is 2.35. The summed E-state index contributed by atoms with van der Waals surface area (Å²) in [5.74, 6) is 1.12. The molecule has 0 fully saturated rings. The van der Waals surface area contributed by atoms with Crippen LogP contribution in [0.1, 0.15) is 24.7 Å². The second kappa shape index (κ2) is 4.26. The number of nitrogens with zero attached hydrogens (tertiary/aromatic N) is 3. The molecule has 3 nitrogen and oxygen atoms in total. The van der Waals surface area contributed by atoms with E-state index in [0.29, 0.717) is 0 Å². The Morgan fingerprint density at radius 3 is 2.93 bits per heavy atom. The third kappa shape index (κ3) is 1.91. The van der Waals surface area contributed by atoms with Gasteiger partial charge in [0.2, 0.25) is 0 Å². The number of aromatic nitrogens is 3. The van der Waals surface area contributed by atoms with Gasteiger partial charge in [0.15, 0.2) is 0 Å². The first kappa shape index (κ1) is 9.90. The predicted octanol–water partition coefficient (Wildman–Crippen LogP) is 2.53. The molecule has 2 rings (SSSR count). The zero-order chi connectivity index (χ0) is 10.7. The summed E-state index contributed by atoms with van der Waals surface area (Å²) < 4.78 is 2.14. The fraction of sp³-hybridized carbons (Fsp3) is 0.333. The minimum Gasteiger partial charge on any atom is -0.303 e. The van der Waals surface area contributed by atoms with Crippen LogP contribution in [0.3, 0.4) is 0 Å². The molecule has 0 aliphatic rings. The number of pyridine rings is 1. The molecule has 2 aromatic rings. The molecule has 0 N–H and O–H groups in total. The van der Waals surface area contributed by atoms with Crippen molar-refractivity contribution in [2.24, 2.45) is 0 Å². The van der Waals surface area contributed by atoms with Gasteiger partial charge < -0.3 is 4.57 Å². The Morgan fingerprint density at radius 2 is 2.20 bits per heavy atom. The van der Waals surface area contributed by atoms with E-state index in [9.17, 15) is 0 Å². The van der Waals surface area contributed by atoms with Gasteiger partial charge in [-0.25, -0.2) is 4.98 Å². The number of rotatable bonds is 3. The van der Waals surface area contributed by atoms with Crippen molar-refractivity contribution >= 4 is 0 Å². The van der Waals surface area contributed by atoms with Gasteiger partial charge in [0.05, 0.1) is 5.69 Å². The summed E-state index contributed by atoms with van der Waals surface area (Å²) in [5, 5.41) is 0. The van der Waals surface area contributed by atoms with E-state index in [-0.39, 0.29) is 0 Å². The van der Waals surface area contributed by atoms with E-state index < -0.39 is 0 Å². The van der Waals surface area contributed by atoms with E-state index in [4.69, 9.17) is 0 Å². The highest BCUT2D eigenvalue weighted by Crippen LogP contribution is 2.14. The number of imidazole rings is 1. The monoisotopic (exact) mass is 201 g/mol. The summed E-state index contributed by atoms with van der Waals surface area (Å²) in [6.07, 6.45) is 9.68. The highest BCUT2D eigenvalue weighted by molar-refractivity contribution is 5.38. The van der Waals surface area contributed by atoms with E-state index in [2.05, 4.69) is 28.4 Å². The van der Waals surface area contributed by atoms with Crippen LogP contribution in [0.5, 0.6) is 0 Å². The molecule has 0 amide bonds. The largest absolute Gasteiger partial charge is 0.303 e. The van der Waals surface area contributed by atoms with Crippen LogP contribution >= 0.6 is 0 Å². The normalized spacial score (nSPS) is 10.5. The smallest absolute Gasteiger partial charge is 0.113 e. The standard InChI is InChI=1S/C12H15N3/c1-3-4-12-14-7-8-15(12)11-5-6-13-9-10(11)2/h5-9H,3-4H2,1-2H3. The Bertz CT molecular complexity index is 446. The van der Waals surface area contributed by atoms with Crippen molar-refractivity contribution in [2.45, 2.75) is 26.7 Å². The van der Waals surface area contributed by atoms with Crippen molar-refractivity contribution in [1.82, 2.24) is 14.5 Å². The maximum absolute atomic E-state index is 4.37. The summed E-state index contributed by atoms with van der Waals surface area (Å²) in [6, 6.07) is 2.02. The molecule has 0 spiro atoms. The molecule has 0 bridgehead atoms. The Morgan fingerprint density at radius 1 is 1.33 bits per heavy atom. The maximum Gasteiger partial charge on any atom is 0.113 e. The van der Waals surface area contributed by atoms with Crippen molar-refractivity contribution in [1.29, 1.82) is 0 Å². The molecule has 0 aromatic carbocycles. The highest BCUT2D eigenvalue weighted by atomic mass is 15.1. The minimum absolute atomic E-state index is 1.01. The summed E-state index contributed by atoms with van der Waals surface area (Å²) in [4.78, 5) is 8.46. The molecule has 2 aromatic heterocycles. The average molecular weight is 201 g/mol. The maximum atomic E-state index is 4.37. The zero-order valence-corrected chi connectivity index (χ0v) is 9.14. The lowest BCUT2D eigenvalue weighted by molar-refractivity contribution is 0.806. The van der Waals surface area contributed by atoms with Gasteiger partial charge in [-0.2, -0.15) is 0 Å². The molecule has 0 aliphatic heterocycles. The van der Waals surface area contributed by atoms with Gasteiger partial charge in [0, 0.05) is 31.2 Å². The number of hydrogen-bond acceptors (Lipinski definition) is 2. The molecular weight excluding hydrogens is 186 g/mol. The van der Waals surface area contributed by atoms with Crippen molar-refractivity contribution < 1.29 is 0 Å². The average Bonchev–Trinajstić information content (AvgIpc) is 2.67. The molecule has 0 atom stereocenters. The molecule has 15 heavy (non-hydrogen) atoms. The second-order valence-corrected chi connectivity index (χ2v) is 3.63. The summed E-state index contributed by atoms with van der Waals surface area (Å²) >= 11 is 0. The molecular formula is C12H15N3. The van der Waals surface area contributed by atoms with Crippen LogP contribution in [-0.4, -0.2) is 14.5 Å². The predicted molar refractivity (Wildman–Crippen MR) is 60.1 cm³/mol. The van der Waals surface area contributed by atoms with Crippen molar-refractivity contribution in [3.63, 3.8) is 0 Å². The molecule has 0 unspecified atom stereocenters. The van der Waals surface area contributed by atoms with Crippen LogP contribution in [0.25, 0.3) is 5.69 Å². The van der Waals surface area contributed by atoms with E-state index in [1.807, 2.05) is 30.9 Å². The molecule has 3 heteroatoms. The minimum atomic E-state index is 1.01. The van der Waals surface area contributed by atoms with Crippen LogP contribution in [0.4, 0.5) is 0 Å². The van der Waals surface area contributed by atoms with Crippen molar-refractivity contribution in [3.8, 4) is 5.69 Å². The lowest BCUT2D eigenvalue weighted by Crippen LogP contribution is -2.02. The summed E-state index contributed by atoms with van der Waals surface area (Å²) in [6.45, 7) is 4.23. The molecule has 0 aliphatic carbocycles. The SMILES string of the molecule is CCCc1nccn1-c1ccncc1C. The zero-order valence-electron chi connectivity index (χ0n) is 9.14. The third-order valence-corrected chi connectivity index (χ3v) is 2.44. The van der Waals surface area contributed by atoms with E-state index >= 15 is 0 Å². The second-order valence-electron chi connectivity index (χ2n) is 3.63. The highest BCUT2D eigenvalue weighted by Gasteiger charge is 2.05. The first-order valence-electron chi connectivity index (χ1n) is 5.26. The topological polar surface area (TPSA) is 30.7 Å². The van der Waals surface area contributed by atoms with Gasteiger partial charge in [-0.1, -0.05) is 6.92 Å². The summed E-state index contributed by atoms with van der Waals surface area (Å²) in [7, 11) is 0. The Kier molecular flexibility index (Phi) is 2.81. The van der Waals surface area contributed by atoms with E-state index in [0.717, 1.165) is 18.7 Å². The van der Waals surface area contributed by atoms with Crippen molar-refractivity contribution in [3.05, 3.63) is 42.2 Å². The molecule has 0 saturated heterocycles. The molecule has 0 saturated carbocycles. The first-order chi connectivity index (χ1) is 7.33. The van der Waals surface area contributed by atoms with Crippen molar-refractivity contribution in [2.75, 3.05) is 0 Å². The van der Waals surface area contributed by atoms with Gasteiger partial charge in [0.25, 0.3) is 0 Å². The first-order valence-corrected chi connectivity index (χ1v) is 5.26. The lowest BCUT2D eigenvalue weighted by atomic mass is 10.2. The Labute approximate surface area is 89.8 Å². The van der Waals surface area contributed by atoms with Crippen LogP contribution < -0.4 is 0 Å². The quantitative estimate of drug-likeness (QED) is 0.764. The fourth-order valence-electron chi connectivity index (χ4n) is 1.70. The Balaban J connectivity index is 2.45. The Hall–Kier alpha value is -1.64. The van der Waals surface area contributed by atoms with Gasteiger partial charge >= 0.3 is 0 Å². The van der Waals surface area contributed by atoms with Crippen LogP contribution in [0.15, 0.2) is 30.9 Å². The number of aryl methyl sites for hydroxylation is 2. The molecule has 0 radical (unpaired) electrons. The van der Waals surface area contributed by atoms with Gasteiger partial charge in [-0.3, -0.25) is 4.98 Å². The van der Waals surface area contributed by atoms with Crippen LogP contribution in [-0.2, 0) is 6.42 Å².